The number of nitrogens with zero attached hydrogens (tertiary/aromatic N) is 1. The third kappa shape index (κ3) is 2.22. The highest BCUT2D eigenvalue weighted by atomic mass is 16.3. The number of nitriles is 1. The van der Waals surface area contributed by atoms with E-state index < -0.39 is 0 Å². The van der Waals surface area contributed by atoms with Gasteiger partial charge in [0.05, 0.1) is 6.07 Å². The number of aryl methyl sites for hydroxylation is 3. The molecular formula is C11H13NO. The number of benzene rings is 1. The van der Waals surface area contributed by atoms with Crippen LogP contribution in [0.1, 0.15) is 23.1 Å². The van der Waals surface area contributed by atoms with Gasteiger partial charge in [-0.2, -0.15) is 5.26 Å². The van der Waals surface area contributed by atoms with Crippen LogP contribution in [-0.2, 0) is 6.42 Å². The molecule has 0 heterocycles. The van der Waals surface area contributed by atoms with E-state index in [0.717, 1.165) is 16.7 Å². The van der Waals surface area contributed by atoms with Crippen molar-refractivity contribution in [2.24, 2.45) is 0 Å². The highest BCUT2D eigenvalue weighted by Gasteiger charge is 2.03. The van der Waals surface area contributed by atoms with Gasteiger partial charge in [-0.3, -0.25) is 0 Å². The Kier molecular flexibility index (Phi) is 2.92. The Hall–Kier alpha value is -1.49. The molecule has 1 rings (SSSR count). The molecule has 68 valence electrons. The van der Waals surface area contributed by atoms with Gasteiger partial charge in [-0.1, -0.05) is 6.07 Å². The first-order valence-corrected chi connectivity index (χ1v) is 4.31. The number of aromatic hydroxyl groups is 1. The van der Waals surface area contributed by atoms with Crippen LogP contribution < -0.4 is 0 Å². The van der Waals surface area contributed by atoms with Crippen LogP contribution in [0.4, 0.5) is 0 Å². The monoisotopic (exact) mass is 175 g/mol. The van der Waals surface area contributed by atoms with Crippen LogP contribution in [0.2, 0.25) is 0 Å². The van der Waals surface area contributed by atoms with Gasteiger partial charge in [0.25, 0.3) is 0 Å². The van der Waals surface area contributed by atoms with E-state index in [1.807, 2.05) is 19.9 Å². The molecular weight excluding hydrogens is 162 g/mol. The molecule has 0 saturated heterocycles. The lowest BCUT2D eigenvalue weighted by atomic mass is 10.0. The van der Waals surface area contributed by atoms with E-state index in [0.29, 0.717) is 18.6 Å². The smallest absolute Gasteiger partial charge is 0.119 e. The minimum Gasteiger partial charge on any atom is -0.508 e. The van der Waals surface area contributed by atoms with Crippen LogP contribution in [0.3, 0.4) is 0 Å². The Morgan fingerprint density at radius 3 is 2.54 bits per heavy atom. The predicted octanol–water partition coefficient (Wildman–Crippen LogP) is 2.47. The molecule has 2 nitrogen and oxygen atoms in total. The van der Waals surface area contributed by atoms with Gasteiger partial charge in [0.2, 0.25) is 0 Å². The van der Waals surface area contributed by atoms with Gasteiger partial charge in [-0.25, -0.2) is 0 Å². The average Bonchev–Trinajstić information content (AvgIpc) is 2.09. The fourth-order valence-corrected chi connectivity index (χ4v) is 1.25. The van der Waals surface area contributed by atoms with Gasteiger partial charge in [0, 0.05) is 6.42 Å². The van der Waals surface area contributed by atoms with Crippen LogP contribution in [0.25, 0.3) is 0 Å². The van der Waals surface area contributed by atoms with Gasteiger partial charge in [0.1, 0.15) is 5.75 Å². The molecule has 0 bridgehead atoms. The molecule has 2 heteroatoms. The van der Waals surface area contributed by atoms with E-state index in [9.17, 15) is 5.11 Å². The summed E-state index contributed by atoms with van der Waals surface area (Å²) in [5, 5.41) is 17.9. The molecule has 13 heavy (non-hydrogen) atoms. The number of hydrogen-bond donors (Lipinski definition) is 1. The molecule has 0 aliphatic carbocycles. The first-order chi connectivity index (χ1) is 6.15. The van der Waals surface area contributed by atoms with Crippen molar-refractivity contribution in [3.05, 3.63) is 28.8 Å². The molecule has 0 fully saturated rings. The van der Waals surface area contributed by atoms with Crippen molar-refractivity contribution in [3.63, 3.8) is 0 Å². The lowest BCUT2D eigenvalue weighted by molar-refractivity contribution is 0.467. The summed E-state index contributed by atoms with van der Waals surface area (Å²) in [4.78, 5) is 0. The topological polar surface area (TPSA) is 44.0 Å². The first kappa shape index (κ1) is 9.60. The number of rotatable bonds is 2. The van der Waals surface area contributed by atoms with Crippen molar-refractivity contribution in [1.29, 1.82) is 5.26 Å². The fourth-order valence-electron chi connectivity index (χ4n) is 1.25. The number of hydrogen-bond acceptors (Lipinski definition) is 2. The fraction of sp³-hybridized carbons (Fsp3) is 0.364. The van der Waals surface area contributed by atoms with E-state index in [-0.39, 0.29) is 0 Å². The summed E-state index contributed by atoms with van der Waals surface area (Å²) in [5.74, 6) is 0.304. The Morgan fingerprint density at radius 1 is 1.31 bits per heavy atom. The Bertz CT molecular complexity index is 350. The van der Waals surface area contributed by atoms with Crippen molar-refractivity contribution in [3.8, 4) is 11.8 Å². The third-order valence-electron chi connectivity index (χ3n) is 2.20. The molecule has 1 N–H and O–H groups in total. The average molecular weight is 175 g/mol. The first-order valence-electron chi connectivity index (χ1n) is 4.31. The zero-order valence-electron chi connectivity index (χ0n) is 7.96. The predicted molar refractivity (Wildman–Crippen MR) is 51.5 cm³/mol. The van der Waals surface area contributed by atoms with E-state index in [2.05, 4.69) is 6.07 Å². The van der Waals surface area contributed by atoms with Crippen molar-refractivity contribution >= 4 is 0 Å². The summed E-state index contributed by atoms with van der Waals surface area (Å²) in [6, 6.07) is 5.76. The summed E-state index contributed by atoms with van der Waals surface area (Å²) < 4.78 is 0. The quantitative estimate of drug-likeness (QED) is 0.750. The van der Waals surface area contributed by atoms with E-state index >= 15 is 0 Å². The second kappa shape index (κ2) is 3.95. The summed E-state index contributed by atoms with van der Waals surface area (Å²) >= 11 is 0. The van der Waals surface area contributed by atoms with Crippen LogP contribution >= 0.6 is 0 Å². The second-order valence-electron chi connectivity index (χ2n) is 3.22. The maximum atomic E-state index is 9.53. The van der Waals surface area contributed by atoms with Crippen LogP contribution in [0.5, 0.6) is 5.75 Å². The molecule has 0 atom stereocenters. The van der Waals surface area contributed by atoms with Gasteiger partial charge in [0.15, 0.2) is 0 Å². The maximum Gasteiger partial charge on any atom is 0.119 e. The van der Waals surface area contributed by atoms with Crippen molar-refractivity contribution in [2.45, 2.75) is 26.7 Å². The van der Waals surface area contributed by atoms with Gasteiger partial charge in [-0.05, 0) is 43.0 Å². The summed E-state index contributed by atoms with van der Waals surface area (Å²) in [7, 11) is 0. The third-order valence-corrected chi connectivity index (χ3v) is 2.20. The molecule has 0 aliphatic rings. The molecule has 0 amide bonds. The second-order valence-corrected chi connectivity index (χ2v) is 3.22. The van der Waals surface area contributed by atoms with E-state index in [1.54, 1.807) is 6.07 Å². The molecule has 0 aromatic heterocycles. The van der Waals surface area contributed by atoms with Gasteiger partial charge < -0.3 is 5.11 Å². The normalized spacial score (nSPS) is 9.62. The minimum atomic E-state index is 0.304. The lowest BCUT2D eigenvalue weighted by Crippen LogP contribution is -1.89. The standard InChI is InChI=1S/C11H13NO/c1-8-6-10(4-3-5-12)11(13)7-9(8)2/h6-7,13H,3-4H2,1-2H3. The molecule has 0 aliphatic heterocycles. The van der Waals surface area contributed by atoms with Gasteiger partial charge >= 0.3 is 0 Å². The zero-order chi connectivity index (χ0) is 9.84. The number of phenolic OH excluding ortho intramolecular Hbond substituents is 1. The van der Waals surface area contributed by atoms with Crippen LogP contribution in [0, 0.1) is 25.2 Å². The lowest BCUT2D eigenvalue weighted by Gasteiger charge is -2.06. The van der Waals surface area contributed by atoms with Crippen molar-refractivity contribution in [2.75, 3.05) is 0 Å². The molecule has 0 unspecified atom stereocenters. The summed E-state index contributed by atoms with van der Waals surface area (Å²) in [6.07, 6.45) is 1.08. The molecule has 1 aromatic rings. The minimum absolute atomic E-state index is 0.304. The Labute approximate surface area is 78.4 Å². The van der Waals surface area contributed by atoms with E-state index in [4.69, 9.17) is 5.26 Å². The van der Waals surface area contributed by atoms with Crippen LogP contribution in [0.15, 0.2) is 12.1 Å². The SMILES string of the molecule is Cc1cc(O)c(CCC#N)cc1C. The highest BCUT2D eigenvalue weighted by Crippen LogP contribution is 2.22. The highest BCUT2D eigenvalue weighted by molar-refractivity contribution is 5.40. The molecule has 0 spiro atoms. The number of phenols is 1. The Morgan fingerprint density at radius 2 is 1.92 bits per heavy atom. The summed E-state index contributed by atoms with van der Waals surface area (Å²) in [6.45, 7) is 3.97. The van der Waals surface area contributed by atoms with Crippen LogP contribution in [-0.4, -0.2) is 5.11 Å². The zero-order valence-corrected chi connectivity index (χ0v) is 7.96. The summed E-state index contributed by atoms with van der Waals surface area (Å²) in [5.41, 5.74) is 3.11. The molecule has 0 radical (unpaired) electrons. The van der Waals surface area contributed by atoms with Crippen molar-refractivity contribution < 1.29 is 5.11 Å². The molecule has 0 saturated carbocycles. The molecule has 1 aromatic carbocycles. The van der Waals surface area contributed by atoms with E-state index in [1.165, 1.54) is 0 Å². The van der Waals surface area contributed by atoms with Gasteiger partial charge in [-0.15, -0.1) is 0 Å². The largest absolute Gasteiger partial charge is 0.508 e. The van der Waals surface area contributed by atoms with Crippen molar-refractivity contribution in [1.82, 2.24) is 0 Å². The Balaban J connectivity index is 2.96. The maximum absolute atomic E-state index is 9.53.